The van der Waals surface area contributed by atoms with E-state index in [0.29, 0.717) is 12.1 Å². The maximum atomic E-state index is 4.49. The van der Waals surface area contributed by atoms with Crippen molar-refractivity contribution in [3.8, 4) is 21.4 Å². The monoisotopic (exact) mass is 498 g/mol. The van der Waals surface area contributed by atoms with Gasteiger partial charge in [0.25, 0.3) is 0 Å². The number of rotatable bonds is 10. The number of thiophene rings is 2. The van der Waals surface area contributed by atoms with Crippen LogP contribution in [-0.2, 0) is 0 Å². The molecule has 6 nitrogen and oxygen atoms in total. The summed E-state index contributed by atoms with van der Waals surface area (Å²) in [4.78, 5) is 2.40. The molecule has 2 aliphatic rings. The molecule has 0 aromatic carbocycles. The highest BCUT2D eigenvalue weighted by molar-refractivity contribution is 7.99. The third-order valence-electron chi connectivity index (χ3n) is 5.42. The van der Waals surface area contributed by atoms with Crippen LogP contribution >= 0.6 is 46.2 Å². The van der Waals surface area contributed by atoms with E-state index in [9.17, 15) is 0 Å². The number of nitrogens with zero attached hydrogens (tertiary/aromatic N) is 6. The van der Waals surface area contributed by atoms with Crippen molar-refractivity contribution in [1.29, 1.82) is 0 Å². The molecular formula is C22H22N6S4. The minimum Gasteiger partial charge on any atom is -0.298 e. The van der Waals surface area contributed by atoms with Crippen molar-refractivity contribution in [2.45, 2.75) is 48.1 Å². The summed E-state index contributed by atoms with van der Waals surface area (Å²) >= 11 is 6.99. The number of hydrogen-bond donors (Lipinski definition) is 0. The van der Waals surface area contributed by atoms with E-state index in [-0.39, 0.29) is 0 Å². The molecule has 0 amide bonds. The molecule has 6 rings (SSSR count). The molecule has 2 aliphatic carbocycles. The number of aromatic nitrogens is 6. The van der Waals surface area contributed by atoms with Crippen LogP contribution in [-0.4, -0.2) is 41.0 Å². The van der Waals surface area contributed by atoms with Gasteiger partial charge in [0.2, 0.25) is 0 Å². The molecule has 0 radical (unpaired) electrons. The first-order chi connectivity index (χ1) is 15.9. The molecular weight excluding hydrogens is 477 g/mol. The van der Waals surface area contributed by atoms with Gasteiger partial charge in [0, 0.05) is 23.6 Å². The Bertz CT molecular complexity index is 1110. The molecule has 4 aromatic rings. The van der Waals surface area contributed by atoms with Gasteiger partial charge in [-0.3, -0.25) is 9.13 Å². The van der Waals surface area contributed by atoms with Gasteiger partial charge in [-0.05, 0) is 48.6 Å². The van der Waals surface area contributed by atoms with Crippen molar-refractivity contribution >= 4 is 46.2 Å². The zero-order valence-corrected chi connectivity index (χ0v) is 20.6. The molecule has 2 saturated carbocycles. The molecule has 2 fully saturated rings. The molecule has 0 unspecified atom stereocenters. The van der Waals surface area contributed by atoms with Gasteiger partial charge in [0.1, 0.15) is 0 Å². The van der Waals surface area contributed by atoms with Gasteiger partial charge in [-0.25, -0.2) is 0 Å². The lowest BCUT2D eigenvalue weighted by atomic mass is 10.4. The topological polar surface area (TPSA) is 61.4 Å². The van der Waals surface area contributed by atoms with Crippen molar-refractivity contribution in [1.82, 2.24) is 29.5 Å². The summed E-state index contributed by atoms with van der Waals surface area (Å²) in [5.41, 5.74) is 0. The lowest BCUT2D eigenvalue weighted by Crippen LogP contribution is -1.99. The quantitative estimate of drug-likeness (QED) is 0.185. The lowest BCUT2D eigenvalue weighted by Gasteiger charge is -2.07. The fourth-order valence-corrected chi connectivity index (χ4v) is 6.72. The predicted octanol–water partition coefficient (Wildman–Crippen LogP) is 6.44. The number of thioether (sulfide) groups is 2. The van der Waals surface area contributed by atoms with Crippen LogP contribution in [0, 0.1) is 0 Å². The lowest BCUT2D eigenvalue weighted by molar-refractivity contribution is 0.670. The van der Waals surface area contributed by atoms with E-state index in [0.717, 1.165) is 33.5 Å². The van der Waals surface area contributed by atoms with Crippen LogP contribution in [0.3, 0.4) is 0 Å². The van der Waals surface area contributed by atoms with Crippen LogP contribution < -0.4 is 0 Å². The van der Waals surface area contributed by atoms with Crippen molar-refractivity contribution in [2.24, 2.45) is 0 Å². The standard InChI is InChI=1S/C22H22N6S4/c1(11-31-21-25-23-19(17-5-3-13-29-17)27(21)15-7-8-15)2-12-32-22-26-24-20(18-6-4-14-30-18)28(22)16-9-10-16/h1-6,13-16H,7-12H2/b2-1+. The zero-order valence-electron chi connectivity index (χ0n) is 17.3. The Morgan fingerprint density at radius 2 is 1.22 bits per heavy atom. The average Bonchev–Trinajstić information content (AvgIpc) is 3.54. The van der Waals surface area contributed by atoms with Gasteiger partial charge in [-0.15, -0.1) is 43.1 Å². The van der Waals surface area contributed by atoms with E-state index in [1.54, 1.807) is 46.2 Å². The third kappa shape index (κ3) is 4.33. The van der Waals surface area contributed by atoms with Gasteiger partial charge in [-0.2, -0.15) is 0 Å². The van der Waals surface area contributed by atoms with E-state index >= 15 is 0 Å². The van der Waals surface area contributed by atoms with Gasteiger partial charge in [0.15, 0.2) is 22.0 Å². The van der Waals surface area contributed by atoms with Crippen LogP contribution in [0.15, 0.2) is 57.5 Å². The first kappa shape index (κ1) is 20.7. The first-order valence-corrected chi connectivity index (χ1v) is 14.5. The molecule has 164 valence electrons. The summed E-state index contributed by atoms with van der Waals surface area (Å²) in [6.45, 7) is 0. The van der Waals surface area contributed by atoms with Crippen molar-refractivity contribution in [2.75, 3.05) is 11.5 Å². The van der Waals surface area contributed by atoms with E-state index in [4.69, 9.17) is 0 Å². The number of hydrogen-bond acceptors (Lipinski definition) is 8. The third-order valence-corrected chi connectivity index (χ3v) is 8.94. The molecule has 0 aliphatic heterocycles. The van der Waals surface area contributed by atoms with E-state index < -0.39 is 0 Å². The molecule has 0 bridgehead atoms. The normalized spacial score (nSPS) is 16.4. The van der Waals surface area contributed by atoms with Gasteiger partial charge in [0.05, 0.1) is 9.75 Å². The highest BCUT2D eigenvalue weighted by Crippen LogP contribution is 2.43. The van der Waals surface area contributed by atoms with E-state index in [1.165, 1.54) is 35.4 Å². The zero-order chi connectivity index (χ0) is 21.3. The van der Waals surface area contributed by atoms with Crippen molar-refractivity contribution in [3.05, 3.63) is 47.2 Å². The summed E-state index contributed by atoms with van der Waals surface area (Å²) < 4.78 is 4.67. The van der Waals surface area contributed by atoms with Gasteiger partial charge in [-0.1, -0.05) is 47.8 Å². The maximum Gasteiger partial charge on any atom is 0.192 e. The minimum atomic E-state index is 0.565. The Morgan fingerprint density at radius 3 is 1.59 bits per heavy atom. The molecule has 10 heteroatoms. The van der Waals surface area contributed by atoms with Gasteiger partial charge >= 0.3 is 0 Å². The molecule has 0 spiro atoms. The molecule has 4 aromatic heterocycles. The Morgan fingerprint density at radius 1 is 0.750 bits per heavy atom. The molecule has 32 heavy (non-hydrogen) atoms. The van der Waals surface area contributed by atoms with Crippen LogP contribution in [0.4, 0.5) is 0 Å². The summed E-state index contributed by atoms with van der Waals surface area (Å²) in [7, 11) is 0. The first-order valence-electron chi connectivity index (χ1n) is 10.8. The Balaban J connectivity index is 1.07. The second kappa shape index (κ2) is 9.17. The SMILES string of the molecule is C(=C\CSc1nnc(-c2cccs2)n1C1CC1)/CSc1nnc(-c2cccs2)n1C1CC1. The largest absolute Gasteiger partial charge is 0.298 e. The highest BCUT2D eigenvalue weighted by atomic mass is 32.2. The second-order valence-corrected chi connectivity index (χ2v) is 11.7. The summed E-state index contributed by atoms with van der Waals surface area (Å²) in [5, 5.41) is 24.2. The van der Waals surface area contributed by atoms with Crippen LogP contribution in [0.5, 0.6) is 0 Å². The van der Waals surface area contributed by atoms with Crippen molar-refractivity contribution < 1.29 is 0 Å². The smallest absolute Gasteiger partial charge is 0.192 e. The second-order valence-electron chi connectivity index (χ2n) is 7.86. The van der Waals surface area contributed by atoms with Crippen LogP contribution in [0.25, 0.3) is 21.4 Å². The molecule has 0 saturated heterocycles. The molecule has 4 heterocycles. The summed E-state index contributed by atoms with van der Waals surface area (Å²) in [6, 6.07) is 9.54. The van der Waals surface area contributed by atoms with E-state index in [2.05, 4.69) is 76.7 Å². The fraction of sp³-hybridized carbons (Fsp3) is 0.364. The average molecular weight is 499 g/mol. The van der Waals surface area contributed by atoms with Crippen LogP contribution in [0.2, 0.25) is 0 Å². The predicted molar refractivity (Wildman–Crippen MR) is 134 cm³/mol. The van der Waals surface area contributed by atoms with Crippen LogP contribution in [0.1, 0.15) is 37.8 Å². The summed E-state index contributed by atoms with van der Waals surface area (Å²) in [5.74, 6) is 3.83. The van der Waals surface area contributed by atoms with Crippen molar-refractivity contribution in [3.63, 3.8) is 0 Å². The molecule has 0 atom stereocenters. The maximum absolute atomic E-state index is 4.49. The van der Waals surface area contributed by atoms with Gasteiger partial charge < -0.3 is 0 Å². The Labute approximate surface area is 203 Å². The van der Waals surface area contributed by atoms with E-state index in [1.807, 2.05) is 0 Å². The minimum absolute atomic E-state index is 0.565. The Hall–Kier alpha value is -1.88. The molecule has 0 N–H and O–H groups in total. The highest BCUT2D eigenvalue weighted by Gasteiger charge is 2.31. The Kier molecular flexibility index (Phi) is 5.93. The fourth-order valence-electron chi connectivity index (χ4n) is 3.60. The summed E-state index contributed by atoms with van der Waals surface area (Å²) in [6.07, 6.45) is 9.37.